The number of rotatable bonds is 3. The second kappa shape index (κ2) is 8.33. The maximum absolute atomic E-state index is 14.4. The Morgan fingerprint density at radius 1 is 0.921 bits per heavy atom. The molecule has 1 aromatic rings. The highest BCUT2D eigenvalue weighted by atomic mass is 19.1. The van der Waals surface area contributed by atoms with Crippen molar-refractivity contribution >= 4 is 17.9 Å². The molecule has 0 N–H and O–H groups in total. The van der Waals surface area contributed by atoms with Crippen LogP contribution in [-0.2, 0) is 14.9 Å². The minimum absolute atomic E-state index is 0.0304. The summed E-state index contributed by atoms with van der Waals surface area (Å²) < 4.78 is 26.0. The van der Waals surface area contributed by atoms with Gasteiger partial charge >= 0.3 is 12.2 Å². The first-order valence-electron chi connectivity index (χ1n) is 15.0. The first-order chi connectivity index (χ1) is 18.5. The minimum Gasteiger partial charge on any atom is -0.446 e. The van der Waals surface area contributed by atoms with Gasteiger partial charge in [0.2, 0.25) is 0 Å². The second-order valence-corrected chi connectivity index (χ2v) is 13.2. The first kappa shape index (κ1) is 23.5. The average Bonchev–Trinajstić information content (AvgIpc) is 3.11. The van der Waals surface area contributed by atoms with E-state index in [4.69, 9.17) is 9.47 Å². The lowest BCUT2D eigenvalue weighted by molar-refractivity contribution is 0.0351. The molecule has 1 aromatic carbocycles. The van der Waals surface area contributed by atoms with Gasteiger partial charge in [-0.05, 0) is 120 Å². The van der Waals surface area contributed by atoms with Crippen molar-refractivity contribution in [2.24, 2.45) is 5.92 Å². The van der Waals surface area contributed by atoms with Gasteiger partial charge in [0.25, 0.3) is 0 Å². The summed E-state index contributed by atoms with van der Waals surface area (Å²) in [5.41, 5.74) is 1.60. The molecular formula is C30H38FN3O4. The van der Waals surface area contributed by atoms with Crippen LogP contribution >= 0.6 is 0 Å². The summed E-state index contributed by atoms with van der Waals surface area (Å²) in [6, 6.07) is 5.73. The number of amides is 2. The van der Waals surface area contributed by atoms with Crippen LogP contribution in [0, 0.1) is 11.7 Å². The Bertz CT molecular complexity index is 1160. The Hall–Kier alpha value is -2.35. The van der Waals surface area contributed by atoms with E-state index in [1.165, 1.54) is 18.9 Å². The van der Waals surface area contributed by atoms with Gasteiger partial charge in [-0.15, -0.1) is 0 Å². The maximum atomic E-state index is 14.4. The van der Waals surface area contributed by atoms with Crippen LogP contribution in [0.25, 0.3) is 0 Å². The topological polar surface area (TPSA) is 62.1 Å². The average molecular weight is 524 g/mol. The lowest BCUT2D eigenvalue weighted by Crippen LogP contribution is -2.49. The van der Waals surface area contributed by atoms with E-state index in [2.05, 4.69) is 9.80 Å². The Labute approximate surface area is 223 Å². The molecule has 7 nitrogen and oxygen atoms in total. The van der Waals surface area contributed by atoms with Crippen molar-refractivity contribution in [1.29, 1.82) is 0 Å². The normalized spacial score (nSPS) is 35.3. The third-order valence-electron chi connectivity index (χ3n) is 11.5. The van der Waals surface area contributed by atoms with Crippen molar-refractivity contribution in [3.8, 4) is 0 Å². The van der Waals surface area contributed by atoms with Gasteiger partial charge < -0.3 is 14.4 Å². The number of nitrogens with zero attached hydrogens (tertiary/aromatic N) is 3. The minimum atomic E-state index is -0.279. The number of halogens is 1. The van der Waals surface area contributed by atoms with E-state index < -0.39 is 0 Å². The fraction of sp³-hybridized carbons (Fsp3) is 0.733. The Morgan fingerprint density at radius 3 is 2.32 bits per heavy atom. The lowest BCUT2D eigenvalue weighted by atomic mass is 9.74. The predicted molar refractivity (Wildman–Crippen MR) is 139 cm³/mol. The first-order valence-corrected chi connectivity index (χ1v) is 15.0. The molecule has 6 fully saturated rings. The maximum Gasteiger partial charge on any atom is 0.414 e. The number of carbonyl (C=O) groups excluding carboxylic acids is 2. The number of hydrogen-bond acceptors (Lipinski definition) is 5. The molecule has 4 unspecified atom stereocenters. The number of carbonyl (C=O) groups is 2. The number of fused-ring (bicyclic) bond motifs is 2. The third-order valence-corrected chi connectivity index (χ3v) is 11.5. The van der Waals surface area contributed by atoms with Gasteiger partial charge in [-0.25, -0.2) is 14.0 Å². The van der Waals surface area contributed by atoms with Crippen LogP contribution in [0.5, 0.6) is 0 Å². The summed E-state index contributed by atoms with van der Waals surface area (Å²) in [6.07, 6.45) is 12.4. The summed E-state index contributed by atoms with van der Waals surface area (Å²) >= 11 is 0. The molecule has 2 spiro atoms. The van der Waals surface area contributed by atoms with Crippen LogP contribution < -0.4 is 4.90 Å². The molecule has 38 heavy (non-hydrogen) atoms. The molecule has 2 amide bonds. The molecule has 8 rings (SSSR count). The van der Waals surface area contributed by atoms with Crippen LogP contribution in [0.4, 0.5) is 19.7 Å². The molecular weight excluding hydrogens is 485 g/mol. The van der Waals surface area contributed by atoms with E-state index in [1.807, 2.05) is 0 Å². The number of likely N-dealkylation sites (tertiary alicyclic amines) is 2. The fourth-order valence-electron chi connectivity index (χ4n) is 8.89. The zero-order valence-electron chi connectivity index (χ0n) is 22.1. The number of piperidine rings is 2. The molecule has 0 aromatic heterocycles. The SMILES string of the molecule is O=C(OC1CCC1)N1CC2(CCN(C3CC4CCC5N(C(=O)OC6CCC6)C45C3)CC2)c2cc(F)ccc21. The molecule has 3 heterocycles. The second-order valence-electron chi connectivity index (χ2n) is 13.2. The number of hydrogen-bond donors (Lipinski definition) is 0. The summed E-state index contributed by atoms with van der Waals surface area (Å²) in [5.74, 6) is 0.344. The van der Waals surface area contributed by atoms with Gasteiger partial charge in [0.05, 0.1) is 17.3 Å². The van der Waals surface area contributed by atoms with E-state index in [1.54, 1.807) is 17.0 Å². The zero-order chi connectivity index (χ0) is 25.6. The van der Waals surface area contributed by atoms with Crippen molar-refractivity contribution in [3.05, 3.63) is 29.6 Å². The van der Waals surface area contributed by atoms with Crippen molar-refractivity contribution in [1.82, 2.24) is 9.80 Å². The summed E-state index contributed by atoms with van der Waals surface area (Å²) in [6.45, 7) is 2.45. The summed E-state index contributed by atoms with van der Waals surface area (Å²) in [7, 11) is 0. The summed E-state index contributed by atoms with van der Waals surface area (Å²) in [4.78, 5) is 32.5. The van der Waals surface area contributed by atoms with Crippen molar-refractivity contribution in [2.45, 2.75) is 112 Å². The smallest absolute Gasteiger partial charge is 0.414 e. The lowest BCUT2D eigenvalue weighted by Gasteiger charge is -2.42. The van der Waals surface area contributed by atoms with Crippen LogP contribution in [0.3, 0.4) is 0 Å². The number of ether oxygens (including phenoxy) is 2. The Kier molecular flexibility index (Phi) is 5.16. The van der Waals surface area contributed by atoms with E-state index >= 15 is 0 Å². The van der Waals surface area contributed by atoms with Crippen molar-refractivity contribution in [3.63, 3.8) is 0 Å². The van der Waals surface area contributed by atoms with Gasteiger partial charge in [0, 0.05) is 18.0 Å². The van der Waals surface area contributed by atoms with E-state index in [0.717, 1.165) is 88.5 Å². The monoisotopic (exact) mass is 523 g/mol. The quantitative estimate of drug-likeness (QED) is 0.500. The molecule has 4 saturated carbocycles. The Balaban J connectivity index is 0.955. The number of benzene rings is 1. The van der Waals surface area contributed by atoms with Gasteiger partial charge in [-0.3, -0.25) is 9.80 Å². The van der Waals surface area contributed by atoms with Crippen LogP contribution in [-0.4, -0.2) is 71.5 Å². The molecule has 0 bridgehead atoms. The highest BCUT2D eigenvalue weighted by Crippen LogP contribution is 2.65. The molecule has 7 aliphatic rings. The molecule has 4 atom stereocenters. The largest absolute Gasteiger partial charge is 0.446 e. The molecule has 4 aliphatic carbocycles. The highest BCUT2D eigenvalue weighted by molar-refractivity contribution is 5.91. The van der Waals surface area contributed by atoms with E-state index in [9.17, 15) is 14.0 Å². The third kappa shape index (κ3) is 3.34. The summed E-state index contributed by atoms with van der Waals surface area (Å²) in [5, 5.41) is 0. The highest BCUT2D eigenvalue weighted by Gasteiger charge is 2.75. The van der Waals surface area contributed by atoms with Crippen LogP contribution in [0.15, 0.2) is 18.2 Å². The molecule has 2 saturated heterocycles. The standard InChI is InChI=1S/C30H38FN3O4/c31-20-8-9-25-24(16-20)29(18-33(25)27(35)37-22-3-1-4-22)11-13-32(14-12-29)21-15-19-7-10-26-30(19,17-21)34(26)28(36)38-23-5-2-6-23/h8-9,16,19,21-23,26H,1-7,10-15,17-18H2. The van der Waals surface area contributed by atoms with Crippen LogP contribution in [0.1, 0.15) is 82.6 Å². The predicted octanol–water partition coefficient (Wildman–Crippen LogP) is 5.35. The molecule has 0 radical (unpaired) electrons. The van der Waals surface area contributed by atoms with Gasteiger partial charge in [-0.1, -0.05) is 0 Å². The molecule has 3 aliphatic heterocycles. The van der Waals surface area contributed by atoms with Gasteiger partial charge in [0.15, 0.2) is 0 Å². The molecule has 204 valence electrons. The van der Waals surface area contributed by atoms with Crippen LogP contribution in [0.2, 0.25) is 0 Å². The van der Waals surface area contributed by atoms with E-state index in [-0.39, 0.29) is 41.2 Å². The Morgan fingerprint density at radius 2 is 1.63 bits per heavy atom. The van der Waals surface area contributed by atoms with Crippen molar-refractivity contribution in [2.75, 3.05) is 24.5 Å². The number of anilines is 1. The van der Waals surface area contributed by atoms with E-state index in [0.29, 0.717) is 24.5 Å². The van der Waals surface area contributed by atoms with Crippen molar-refractivity contribution < 1.29 is 23.5 Å². The van der Waals surface area contributed by atoms with Gasteiger partial charge in [-0.2, -0.15) is 0 Å². The fourth-order valence-corrected chi connectivity index (χ4v) is 8.89. The molecule has 8 heteroatoms. The van der Waals surface area contributed by atoms with Gasteiger partial charge in [0.1, 0.15) is 18.0 Å². The zero-order valence-corrected chi connectivity index (χ0v) is 22.1.